The SMILES string of the molecule is CC(C)=C[C@@H](C(=O)c1ccccc1)[C@H](CC(=O)c1ccccc1)C(C)C. The highest BCUT2D eigenvalue weighted by molar-refractivity contribution is 6.00. The molecule has 0 aliphatic rings. The Morgan fingerprint density at radius 3 is 1.81 bits per heavy atom. The van der Waals surface area contributed by atoms with Crippen LogP contribution in [-0.4, -0.2) is 11.6 Å². The smallest absolute Gasteiger partial charge is 0.170 e. The molecule has 2 rings (SSSR count). The lowest BCUT2D eigenvalue weighted by molar-refractivity contribution is 0.0839. The molecule has 0 amide bonds. The summed E-state index contributed by atoms with van der Waals surface area (Å²) in [6, 6.07) is 18.7. The quantitative estimate of drug-likeness (QED) is 0.433. The molecule has 2 atom stereocenters. The van der Waals surface area contributed by atoms with Gasteiger partial charge in [-0.3, -0.25) is 9.59 Å². The number of ketones is 2. The molecule has 2 aromatic carbocycles. The van der Waals surface area contributed by atoms with Crippen LogP contribution in [0.25, 0.3) is 0 Å². The molecule has 2 nitrogen and oxygen atoms in total. The molecule has 0 unspecified atom stereocenters. The van der Waals surface area contributed by atoms with E-state index < -0.39 is 0 Å². The second kappa shape index (κ2) is 9.28. The number of carbonyl (C=O) groups excluding carboxylic acids is 2. The average molecular weight is 348 g/mol. The largest absolute Gasteiger partial charge is 0.294 e. The van der Waals surface area contributed by atoms with Gasteiger partial charge in [-0.1, -0.05) is 86.2 Å². The van der Waals surface area contributed by atoms with Crippen LogP contribution in [0.4, 0.5) is 0 Å². The van der Waals surface area contributed by atoms with Crippen LogP contribution in [0.1, 0.15) is 54.8 Å². The van der Waals surface area contributed by atoms with E-state index in [0.717, 1.165) is 5.57 Å². The van der Waals surface area contributed by atoms with E-state index in [-0.39, 0.29) is 29.3 Å². The van der Waals surface area contributed by atoms with Crippen LogP contribution in [0.5, 0.6) is 0 Å². The van der Waals surface area contributed by atoms with E-state index in [2.05, 4.69) is 13.8 Å². The highest BCUT2D eigenvalue weighted by Gasteiger charge is 2.31. The second-order valence-electron chi connectivity index (χ2n) is 7.40. The Bertz CT molecular complexity index is 753. The van der Waals surface area contributed by atoms with E-state index in [1.54, 1.807) is 0 Å². The summed E-state index contributed by atoms with van der Waals surface area (Å²) in [6.07, 6.45) is 2.40. The van der Waals surface area contributed by atoms with Crippen LogP contribution in [0.15, 0.2) is 72.3 Å². The minimum Gasteiger partial charge on any atom is -0.294 e. The van der Waals surface area contributed by atoms with Crippen molar-refractivity contribution in [2.75, 3.05) is 0 Å². The van der Waals surface area contributed by atoms with Gasteiger partial charge in [-0.25, -0.2) is 0 Å². The first-order chi connectivity index (χ1) is 12.4. The van der Waals surface area contributed by atoms with Crippen LogP contribution in [0.2, 0.25) is 0 Å². The van der Waals surface area contributed by atoms with Gasteiger partial charge in [-0.2, -0.15) is 0 Å². The molecule has 26 heavy (non-hydrogen) atoms. The normalized spacial score (nSPS) is 13.1. The molecule has 136 valence electrons. The fourth-order valence-corrected chi connectivity index (χ4v) is 3.28. The Hall–Kier alpha value is -2.48. The molecule has 0 bridgehead atoms. The second-order valence-corrected chi connectivity index (χ2v) is 7.40. The van der Waals surface area contributed by atoms with Gasteiger partial charge in [-0.05, 0) is 25.7 Å². The topological polar surface area (TPSA) is 34.1 Å². The molecule has 0 N–H and O–H groups in total. The predicted octanol–water partition coefficient (Wildman–Crippen LogP) is 6.00. The van der Waals surface area contributed by atoms with Gasteiger partial charge in [0.15, 0.2) is 11.6 Å². The van der Waals surface area contributed by atoms with E-state index in [0.29, 0.717) is 17.5 Å². The first kappa shape index (κ1) is 19.8. The van der Waals surface area contributed by atoms with Crippen molar-refractivity contribution < 1.29 is 9.59 Å². The van der Waals surface area contributed by atoms with Crippen LogP contribution in [-0.2, 0) is 0 Å². The Morgan fingerprint density at radius 1 is 0.846 bits per heavy atom. The lowest BCUT2D eigenvalue weighted by Crippen LogP contribution is -2.29. The summed E-state index contributed by atoms with van der Waals surface area (Å²) < 4.78 is 0. The zero-order valence-corrected chi connectivity index (χ0v) is 16.1. The standard InChI is InChI=1S/C24H28O2/c1-17(2)15-22(24(26)20-13-9-6-10-14-20)21(18(3)4)16-23(25)19-11-7-5-8-12-19/h5-15,18,21-22H,16H2,1-4H3/t21-,22-/m1/s1. The predicted molar refractivity (Wildman–Crippen MR) is 107 cm³/mol. The van der Waals surface area contributed by atoms with Crippen molar-refractivity contribution in [2.24, 2.45) is 17.8 Å². The molecular formula is C24H28O2. The highest BCUT2D eigenvalue weighted by atomic mass is 16.1. The molecule has 2 aromatic rings. The number of carbonyl (C=O) groups is 2. The van der Waals surface area contributed by atoms with Gasteiger partial charge in [0.2, 0.25) is 0 Å². The number of allylic oxidation sites excluding steroid dienone is 2. The van der Waals surface area contributed by atoms with Crippen molar-refractivity contribution in [3.05, 3.63) is 83.4 Å². The van der Waals surface area contributed by atoms with Gasteiger partial charge < -0.3 is 0 Å². The lowest BCUT2D eigenvalue weighted by Gasteiger charge is -2.27. The minimum absolute atomic E-state index is 0.0367. The van der Waals surface area contributed by atoms with E-state index in [4.69, 9.17) is 0 Å². The minimum atomic E-state index is -0.296. The van der Waals surface area contributed by atoms with Gasteiger partial charge in [0.05, 0.1) is 0 Å². The van der Waals surface area contributed by atoms with Crippen LogP contribution in [0.3, 0.4) is 0 Å². The number of rotatable bonds is 8. The van der Waals surface area contributed by atoms with E-state index in [9.17, 15) is 9.59 Å². The Balaban J connectivity index is 2.34. The Labute approximate surface area is 157 Å². The zero-order chi connectivity index (χ0) is 19.1. The molecule has 0 spiro atoms. The molecule has 0 saturated carbocycles. The summed E-state index contributed by atoms with van der Waals surface area (Å²) in [5.41, 5.74) is 2.51. The van der Waals surface area contributed by atoms with E-state index >= 15 is 0 Å². The summed E-state index contributed by atoms with van der Waals surface area (Å²) in [7, 11) is 0. The molecular weight excluding hydrogens is 320 g/mol. The van der Waals surface area contributed by atoms with Crippen molar-refractivity contribution in [1.82, 2.24) is 0 Å². The zero-order valence-electron chi connectivity index (χ0n) is 16.1. The third-order valence-electron chi connectivity index (χ3n) is 4.71. The van der Waals surface area contributed by atoms with E-state index in [1.807, 2.05) is 80.6 Å². The molecule has 0 saturated heterocycles. The highest BCUT2D eigenvalue weighted by Crippen LogP contribution is 2.31. The number of hydrogen-bond donors (Lipinski definition) is 0. The Kier molecular flexibility index (Phi) is 7.08. The van der Waals surface area contributed by atoms with E-state index in [1.165, 1.54) is 0 Å². The molecule has 0 aliphatic carbocycles. The maximum Gasteiger partial charge on any atom is 0.170 e. The molecule has 0 aliphatic heterocycles. The first-order valence-electron chi connectivity index (χ1n) is 9.22. The van der Waals surface area contributed by atoms with Crippen LogP contribution in [0, 0.1) is 17.8 Å². The maximum absolute atomic E-state index is 13.2. The molecule has 0 aromatic heterocycles. The monoisotopic (exact) mass is 348 g/mol. The van der Waals surface area contributed by atoms with Crippen molar-refractivity contribution in [1.29, 1.82) is 0 Å². The lowest BCUT2D eigenvalue weighted by atomic mass is 9.75. The van der Waals surface area contributed by atoms with Gasteiger partial charge in [-0.15, -0.1) is 0 Å². The van der Waals surface area contributed by atoms with Gasteiger partial charge in [0.25, 0.3) is 0 Å². The van der Waals surface area contributed by atoms with Gasteiger partial charge >= 0.3 is 0 Å². The summed E-state index contributed by atoms with van der Waals surface area (Å²) in [5, 5.41) is 0. The summed E-state index contributed by atoms with van der Waals surface area (Å²) in [5.74, 6) is 0.0694. The number of hydrogen-bond acceptors (Lipinski definition) is 2. The maximum atomic E-state index is 13.2. The summed E-state index contributed by atoms with van der Waals surface area (Å²) in [4.78, 5) is 26.0. The fourth-order valence-electron chi connectivity index (χ4n) is 3.28. The fraction of sp³-hybridized carbons (Fsp3) is 0.333. The summed E-state index contributed by atoms with van der Waals surface area (Å²) >= 11 is 0. The van der Waals surface area contributed by atoms with Crippen molar-refractivity contribution in [3.63, 3.8) is 0 Å². The van der Waals surface area contributed by atoms with Crippen molar-refractivity contribution >= 4 is 11.6 Å². The molecule has 0 heterocycles. The first-order valence-corrected chi connectivity index (χ1v) is 9.22. The summed E-state index contributed by atoms with van der Waals surface area (Å²) in [6.45, 7) is 8.18. The van der Waals surface area contributed by atoms with Crippen LogP contribution >= 0.6 is 0 Å². The number of Topliss-reactive ketones (excluding diaryl/α,β-unsaturated/α-hetero) is 2. The average Bonchev–Trinajstić information content (AvgIpc) is 2.64. The third kappa shape index (κ3) is 5.26. The third-order valence-corrected chi connectivity index (χ3v) is 4.71. The van der Waals surface area contributed by atoms with Crippen molar-refractivity contribution in [2.45, 2.75) is 34.1 Å². The van der Waals surface area contributed by atoms with Gasteiger partial charge in [0, 0.05) is 23.5 Å². The van der Waals surface area contributed by atoms with Gasteiger partial charge in [0.1, 0.15) is 0 Å². The number of benzene rings is 2. The molecule has 2 heteroatoms. The van der Waals surface area contributed by atoms with Crippen LogP contribution < -0.4 is 0 Å². The Morgan fingerprint density at radius 2 is 1.35 bits per heavy atom. The van der Waals surface area contributed by atoms with Crippen molar-refractivity contribution in [3.8, 4) is 0 Å². The molecule has 0 radical (unpaired) electrons. The molecule has 0 fully saturated rings.